The van der Waals surface area contributed by atoms with Crippen molar-refractivity contribution in [3.05, 3.63) is 65.9 Å². The first-order chi connectivity index (χ1) is 35.1. The lowest BCUT2D eigenvalue weighted by atomic mass is 9.91. The van der Waals surface area contributed by atoms with Gasteiger partial charge in [0, 0.05) is 50.5 Å². The van der Waals surface area contributed by atoms with E-state index in [-0.39, 0.29) is 101 Å². The second kappa shape index (κ2) is 28.4. The van der Waals surface area contributed by atoms with Crippen LogP contribution in [0.5, 0.6) is 0 Å². The molecule has 2 aromatic heterocycles. The third-order valence-corrected chi connectivity index (χ3v) is 13.0. The van der Waals surface area contributed by atoms with Crippen LogP contribution in [0.3, 0.4) is 0 Å². The first-order valence-corrected chi connectivity index (χ1v) is 25.0. The standard InChI is InChI=1S/C49H71F3N10O11/c1-32(2)62-38(14-15-54-62)46(66)59-43(34-8-6-4-5-7-9-34)47(67)55-35-12-10-33(11-13-35)26-36(48(68)61-18-16-60(3)17-19-61)57-42(63)31-72-25-23-70-21-20-69-22-24-71-30-39-45(65)44(64)37(29-73-39)56-41-28-53-27-40(58-41)49(50,51)52/h10-15,27-28,32,34,36-37,39,43-45,64-65H,4-9,16-26,29-31H2,1-3H3,(H,55,67)(H,56,58)(H,57,63)(H,59,66)/t36?,37-,39+,43?,44+,45-/m0/s1. The summed E-state index contributed by atoms with van der Waals surface area (Å²) in [4.78, 5) is 65.3. The van der Waals surface area contributed by atoms with Crippen molar-refractivity contribution < 1.29 is 66.2 Å². The number of rotatable bonds is 25. The number of hydrogen-bond acceptors (Lipinski definition) is 16. The van der Waals surface area contributed by atoms with E-state index in [2.05, 4.69) is 41.2 Å². The summed E-state index contributed by atoms with van der Waals surface area (Å²) in [6.45, 7) is 6.89. The van der Waals surface area contributed by atoms with E-state index in [4.69, 9.17) is 23.7 Å². The number of benzene rings is 1. The average Bonchev–Trinajstić information content (AvgIpc) is 3.72. The predicted molar refractivity (Wildman–Crippen MR) is 259 cm³/mol. The summed E-state index contributed by atoms with van der Waals surface area (Å²) in [5.74, 6) is -1.58. The Hall–Kier alpha value is -5.34. The normalized spacial score (nSPS) is 21.0. The van der Waals surface area contributed by atoms with Gasteiger partial charge in [-0.3, -0.25) is 28.8 Å². The summed E-state index contributed by atoms with van der Waals surface area (Å²) in [6.07, 6.45) is 0.874. The number of aliphatic hydroxyl groups excluding tert-OH is 2. The molecule has 2 aliphatic heterocycles. The van der Waals surface area contributed by atoms with Gasteiger partial charge in [-0.25, -0.2) is 4.98 Å². The second-order valence-corrected chi connectivity index (χ2v) is 18.8. The van der Waals surface area contributed by atoms with Gasteiger partial charge in [0.15, 0.2) is 5.69 Å². The topological polar surface area (TPSA) is 253 Å². The van der Waals surface area contributed by atoms with Crippen molar-refractivity contribution in [2.75, 3.05) is 103 Å². The zero-order chi connectivity index (χ0) is 52.3. The van der Waals surface area contributed by atoms with Gasteiger partial charge < -0.3 is 65.0 Å². The molecule has 0 spiro atoms. The third kappa shape index (κ3) is 17.6. The number of hydrogen-bond donors (Lipinski definition) is 6. The molecule has 3 aliphatic rings. The van der Waals surface area contributed by atoms with Crippen LogP contribution >= 0.6 is 0 Å². The number of anilines is 2. The van der Waals surface area contributed by atoms with Gasteiger partial charge in [0.2, 0.25) is 17.7 Å². The van der Waals surface area contributed by atoms with Crippen LogP contribution in [0.4, 0.5) is 24.7 Å². The number of piperazine rings is 1. The van der Waals surface area contributed by atoms with Crippen LogP contribution in [0.25, 0.3) is 0 Å². The van der Waals surface area contributed by atoms with Gasteiger partial charge in [0.1, 0.15) is 48.5 Å². The lowest BCUT2D eigenvalue weighted by Gasteiger charge is -2.38. The number of aliphatic hydroxyl groups is 2. The van der Waals surface area contributed by atoms with Crippen LogP contribution in [0, 0.1) is 5.92 Å². The Kier molecular flexibility index (Phi) is 22.1. The molecule has 404 valence electrons. The van der Waals surface area contributed by atoms with E-state index in [0.29, 0.717) is 43.8 Å². The molecule has 2 saturated heterocycles. The number of ether oxygens (including phenoxy) is 5. The number of alkyl halides is 3. The van der Waals surface area contributed by atoms with Crippen molar-refractivity contribution in [1.29, 1.82) is 0 Å². The maximum Gasteiger partial charge on any atom is 0.434 e. The van der Waals surface area contributed by atoms with E-state index in [9.17, 15) is 42.6 Å². The molecule has 0 radical (unpaired) electrons. The number of likely N-dealkylation sites (N-methyl/N-ethyl adjacent to an activating group) is 1. The highest BCUT2D eigenvalue weighted by molar-refractivity contribution is 6.00. The largest absolute Gasteiger partial charge is 0.434 e. The zero-order valence-electron chi connectivity index (χ0n) is 41.8. The van der Waals surface area contributed by atoms with E-state index >= 15 is 0 Å². The van der Waals surface area contributed by atoms with Crippen molar-refractivity contribution in [3.8, 4) is 0 Å². The van der Waals surface area contributed by atoms with Crippen molar-refractivity contribution in [2.24, 2.45) is 5.92 Å². The smallest absolute Gasteiger partial charge is 0.388 e. The van der Waals surface area contributed by atoms with Crippen LogP contribution in [0.2, 0.25) is 0 Å². The van der Waals surface area contributed by atoms with Gasteiger partial charge >= 0.3 is 6.18 Å². The minimum atomic E-state index is -4.70. The van der Waals surface area contributed by atoms with Crippen LogP contribution in [-0.2, 0) is 50.7 Å². The third-order valence-electron chi connectivity index (χ3n) is 13.0. The Morgan fingerprint density at radius 2 is 1.49 bits per heavy atom. The molecule has 6 rings (SSSR count). The van der Waals surface area contributed by atoms with Gasteiger partial charge in [0.25, 0.3) is 5.91 Å². The van der Waals surface area contributed by atoms with Gasteiger partial charge in [-0.05, 0) is 63.4 Å². The van der Waals surface area contributed by atoms with Crippen molar-refractivity contribution in [3.63, 3.8) is 0 Å². The first-order valence-electron chi connectivity index (χ1n) is 25.0. The molecule has 6 atom stereocenters. The van der Waals surface area contributed by atoms with Crippen molar-refractivity contribution in [1.82, 2.24) is 40.2 Å². The van der Waals surface area contributed by atoms with Crippen molar-refractivity contribution >= 4 is 35.1 Å². The first kappa shape index (κ1) is 56.9. The average molecular weight is 1030 g/mol. The molecule has 4 heterocycles. The summed E-state index contributed by atoms with van der Waals surface area (Å²) in [7, 11) is 1.99. The highest BCUT2D eigenvalue weighted by Gasteiger charge is 2.40. The minimum absolute atomic E-state index is 0.0264. The molecule has 1 aliphatic carbocycles. The number of halogens is 3. The minimum Gasteiger partial charge on any atom is -0.388 e. The van der Waals surface area contributed by atoms with E-state index in [0.717, 1.165) is 50.3 Å². The zero-order valence-corrected chi connectivity index (χ0v) is 41.8. The van der Waals surface area contributed by atoms with Gasteiger partial charge in [-0.15, -0.1) is 0 Å². The lowest BCUT2D eigenvalue weighted by molar-refractivity contribution is -0.161. The number of amides is 4. The number of nitrogens with one attached hydrogen (secondary N) is 4. The van der Waals surface area contributed by atoms with Crippen LogP contribution in [0.15, 0.2) is 48.9 Å². The van der Waals surface area contributed by atoms with E-state index in [1.807, 2.05) is 33.0 Å². The van der Waals surface area contributed by atoms with Crippen LogP contribution in [-0.4, -0.2) is 193 Å². The van der Waals surface area contributed by atoms with Gasteiger partial charge in [-0.2, -0.15) is 18.3 Å². The summed E-state index contributed by atoms with van der Waals surface area (Å²) < 4.78 is 68.3. The summed E-state index contributed by atoms with van der Waals surface area (Å²) >= 11 is 0. The number of carbonyl (C=O) groups is 4. The summed E-state index contributed by atoms with van der Waals surface area (Å²) in [5.41, 5.74) is 0.491. The molecular formula is C49H71F3N10O11. The lowest BCUT2D eigenvalue weighted by Crippen LogP contribution is -2.57. The molecule has 0 bridgehead atoms. The molecule has 3 fully saturated rings. The predicted octanol–water partition coefficient (Wildman–Crippen LogP) is 2.45. The maximum absolute atomic E-state index is 13.9. The maximum atomic E-state index is 13.9. The fourth-order valence-corrected chi connectivity index (χ4v) is 8.87. The highest BCUT2D eigenvalue weighted by atomic mass is 19.4. The molecule has 1 saturated carbocycles. The molecule has 3 aromatic rings. The Labute approximate surface area is 423 Å². The molecule has 2 unspecified atom stereocenters. The fraction of sp³-hybridized carbons (Fsp3) is 0.653. The molecular weight excluding hydrogens is 962 g/mol. The Bertz CT molecular complexity index is 2190. The van der Waals surface area contributed by atoms with Crippen LogP contribution < -0.4 is 21.3 Å². The van der Waals surface area contributed by atoms with Gasteiger partial charge in [-0.1, -0.05) is 37.8 Å². The second-order valence-electron chi connectivity index (χ2n) is 18.8. The SMILES string of the molecule is CC(C)n1nccc1C(=O)NC(C(=O)Nc1ccc(CC(NC(=O)COCCOCCOCCOC[C@H]2OC[C@H](Nc3cncc(C(F)(F)F)n3)[C@@H](O)[C@H]2O)C(=O)N2CCN(C)CC2)cc1)C1CCCCCC1. The van der Waals surface area contributed by atoms with E-state index < -0.39 is 54.2 Å². The molecule has 6 N–H and O–H groups in total. The number of nitrogens with zero attached hydrogens (tertiary/aromatic N) is 6. The molecule has 21 nitrogen and oxygen atoms in total. The summed E-state index contributed by atoms with van der Waals surface area (Å²) in [5, 5.41) is 36.9. The van der Waals surface area contributed by atoms with Crippen molar-refractivity contribution in [2.45, 2.75) is 107 Å². The highest BCUT2D eigenvalue weighted by Crippen LogP contribution is 2.29. The fourth-order valence-electron chi connectivity index (χ4n) is 8.87. The molecule has 4 amide bonds. The van der Waals surface area contributed by atoms with Crippen LogP contribution in [0.1, 0.15) is 80.2 Å². The molecule has 24 heteroatoms. The van der Waals surface area contributed by atoms with E-state index in [1.54, 1.807) is 34.0 Å². The Morgan fingerprint density at radius 1 is 0.836 bits per heavy atom. The molecule has 73 heavy (non-hydrogen) atoms. The number of aromatic nitrogens is 4. The van der Waals surface area contributed by atoms with E-state index in [1.165, 1.54) is 0 Å². The molecule has 1 aromatic carbocycles. The Morgan fingerprint density at radius 3 is 2.15 bits per heavy atom. The monoisotopic (exact) mass is 1030 g/mol. The van der Waals surface area contributed by atoms with Gasteiger partial charge in [0.05, 0.1) is 71.3 Å². The number of carbonyl (C=O) groups excluding carboxylic acids is 4. The quantitative estimate of drug-likeness (QED) is 0.0527. The Balaban J connectivity index is 0.886. The summed E-state index contributed by atoms with van der Waals surface area (Å²) in [6, 6.07) is 6.19.